The van der Waals surface area contributed by atoms with Crippen molar-refractivity contribution in [2.45, 2.75) is 13.1 Å². The van der Waals surface area contributed by atoms with Gasteiger partial charge < -0.3 is 0 Å². The Bertz CT molecular complexity index is 642. The number of rotatable bonds is 2. The summed E-state index contributed by atoms with van der Waals surface area (Å²) >= 11 is 0. The van der Waals surface area contributed by atoms with E-state index in [4.69, 9.17) is 0 Å². The molecule has 0 aliphatic rings. The number of carbonyl (C=O) groups is 1. The Balaban J connectivity index is 2.34. The van der Waals surface area contributed by atoms with E-state index in [1.807, 2.05) is 0 Å². The van der Waals surface area contributed by atoms with Crippen molar-refractivity contribution in [1.82, 2.24) is 0 Å². The van der Waals surface area contributed by atoms with Gasteiger partial charge in [0.2, 0.25) is 0 Å². The largest absolute Gasteiger partial charge is 0.416 e. The maximum atomic E-state index is 13.7. The number of aryl methyl sites for hydroxylation is 1. The third-order valence-electron chi connectivity index (χ3n) is 2.84. The molecule has 0 aliphatic heterocycles. The van der Waals surface area contributed by atoms with Gasteiger partial charge in [0.05, 0.1) is 11.1 Å². The van der Waals surface area contributed by atoms with Crippen molar-refractivity contribution in [2.24, 2.45) is 0 Å². The first kappa shape index (κ1) is 14.2. The zero-order chi connectivity index (χ0) is 14.9. The molecule has 0 aliphatic carbocycles. The van der Waals surface area contributed by atoms with Crippen LogP contribution < -0.4 is 0 Å². The standard InChI is InChI=1S/C15H10F4O/c1-9-2-7-12(13(16)8-9)14(20)10-3-5-11(6-4-10)15(17,18)19/h2-8H,1H3. The van der Waals surface area contributed by atoms with Gasteiger partial charge >= 0.3 is 6.18 Å². The molecule has 5 heteroatoms. The van der Waals surface area contributed by atoms with Gasteiger partial charge in [0.25, 0.3) is 0 Å². The Morgan fingerprint density at radius 3 is 2.10 bits per heavy atom. The first-order valence-electron chi connectivity index (χ1n) is 5.77. The fourth-order valence-electron chi connectivity index (χ4n) is 1.77. The van der Waals surface area contributed by atoms with E-state index >= 15 is 0 Å². The highest BCUT2D eigenvalue weighted by Gasteiger charge is 2.30. The predicted octanol–water partition coefficient (Wildman–Crippen LogP) is 4.38. The second-order valence-electron chi connectivity index (χ2n) is 4.39. The van der Waals surface area contributed by atoms with Gasteiger partial charge in [-0.1, -0.05) is 18.2 Å². The summed E-state index contributed by atoms with van der Waals surface area (Å²) in [6.45, 7) is 1.68. The normalized spacial score (nSPS) is 11.4. The van der Waals surface area contributed by atoms with Crippen LogP contribution in [0.4, 0.5) is 17.6 Å². The highest BCUT2D eigenvalue weighted by Crippen LogP contribution is 2.29. The van der Waals surface area contributed by atoms with E-state index in [2.05, 4.69) is 0 Å². The maximum absolute atomic E-state index is 13.7. The van der Waals surface area contributed by atoms with E-state index in [0.29, 0.717) is 5.56 Å². The fourth-order valence-corrected chi connectivity index (χ4v) is 1.77. The first-order valence-corrected chi connectivity index (χ1v) is 5.77. The highest BCUT2D eigenvalue weighted by molar-refractivity contribution is 6.09. The Kier molecular flexibility index (Phi) is 3.61. The Labute approximate surface area is 112 Å². The van der Waals surface area contributed by atoms with Crippen molar-refractivity contribution < 1.29 is 22.4 Å². The summed E-state index contributed by atoms with van der Waals surface area (Å²) in [5, 5.41) is 0. The lowest BCUT2D eigenvalue weighted by molar-refractivity contribution is -0.137. The molecule has 0 heterocycles. The molecular formula is C15H10F4O. The van der Waals surface area contributed by atoms with E-state index in [0.717, 1.165) is 24.3 Å². The molecule has 0 N–H and O–H groups in total. The summed E-state index contributed by atoms with van der Waals surface area (Å²) in [6.07, 6.45) is -4.46. The summed E-state index contributed by atoms with van der Waals surface area (Å²) in [6, 6.07) is 7.80. The molecule has 0 atom stereocenters. The summed E-state index contributed by atoms with van der Waals surface area (Å²) in [4.78, 5) is 12.0. The van der Waals surface area contributed by atoms with Crippen LogP contribution in [0.15, 0.2) is 42.5 Å². The molecule has 0 aromatic heterocycles. The van der Waals surface area contributed by atoms with Crippen LogP contribution in [0, 0.1) is 12.7 Å². The molecule has 0 amide bonds. The number of halogens is 4. The van der Waals surface area contributed by atoms with Crippen LogP contribution in [0.3, 0.4) is 0 Å². The zero-order valence-electron chi connectivity index (χ0n) is 10.5. The molecule has 0 fully saturated rings. The molecular weight excluding hydrogens is 272 g/mol. The lowest BCUT2D eigenvalue weighted by Gasteiger charge is -2.08. The summed E-state index contributed by atoms with van der Waals surface area (Å²) in [7, 11) is 0. The van der Waals surface area contributed by atoms with Gasteiger partial charge in [0, 0.05) is 5.56 Å². The van der Waals surface area contributed by atoms with Gasteiger partial charge in [0.1, 0.15) is 5.82 Å². The summed E-state index contributed by atoms with van der Waals surface area (Å²) < 4.78 is 50.9. The topological polar surface area (TPSA) is 17.1 Å². The van der Waals surface area contributed by atoms with Crippen LogP contribution in [0.5, 0.6) is 0 Å². The van der Waals surface area contributed by atoms with Gasteiger partial charge in [-0.05, 0) is 36.8 Å². The summed E-state index contributed by atoms with van der Waals surface area (Å²) in [5.74, 6) is -1.33. The van der Waals surface area contributed by atoms with Crippen LogP contribution in [0.2, 0.25) is 0 Å². The van der Waals surface area contributed by atoms with E-state index in [9.17, 15) is 22.4 Å². The number of ketones is 1. The molecule has 2 aromatic carbocycles. The quantitative estimate of drug-likeness (QED) is 0.590. The highest BCUT2D eigenvalue weighted by atomic mass is 19.4. The fraction of sp³-hybridized carbons (Fsp3) is 0.133. The second kappa shape index (κ2) is 5.07. The van der Waals surface area contributed by atoms with Gasteiger partial charge in [-0.2, -0.15) is 13.2 Å². The van der Waals surface area contributed by atoms with Gasteiger partial charge in [-0.3, -0.25) is 4.79 Å². The van der Waals surface area contributed by atoms with Crippen molar-refractivity contribution in [1.29, 1.82) is 0 Å². The molecule has 0 bridgehead atoms. The SMILES string of the molecule is Cc1ccc(C(=O)c2ccc(C(F)(F)F)cc2)c(F)c1. The third kappa shape index (κ3) is 2.87. The average molecular weight is 282 g/mol. The van der Waals surface area contributed by atoms with Crippen molar-refractivity contribution in [3.63, 3.8) is 0 Å². The number of carbonyl (C=O) groups excluding carboxylic acids is 1. The minimum Gasteiger partial charge on any atom is -0.288 e. The lowest BCUT2D eigenvalue weighted by Crippen LogP contribution is -2.07. The third-order valence-corrected chi connectivity index (χ3v) is 2.84. The minimum absolute atomic E-state index is 0.0146. The molecule has 0 saturated carbocycles. The van der Waals surface area contributed by atoms with Crippen LogP contribution in [0.25, 0.3) is 0 Å². The van der Waals surface area contributed by atoms with E-state index in [1.165, 1.54) is 12.1 Å². The van der Waals surface area contributed by atoms with Crippen LogP contribution in [0.1, 0.15) is 27.0 Å². The molecule has 2 aromatic rings. The molecule has 1 nitrogen and oxygen atoms in total. The maximum Gasteiger partial charge on any atom is 0.416 e. The van der Waals surface area contributed by atoms with Gasteiger partial charge in [-0.15, -0.1) is 0 Å². The second-order valence-corrected chi connectivity index (χ2v) is 4.39. The first-order chi connectivity index (χ1) is 9.29. The monoisotopic (exact) mass is 282 g/mol. The Hall–Kier alpha value is -2.17. The average Bonchev–Trinajstić information content (AvgIpc) is 2.37. The van der Waals surface area contributed by atoms with Crippen molar-refractivity contribution in [2.75, 3.05) is 0 Å². The minimum atomic E-state index is -4.46. The van der Waals surface area contributed by atoms with E-state index in [-0.39, 0.29) is 11.1 Å². The number of benzene rings is 2. The Morgan fingerprint density at radius 2 is 1.60 bits per heavy atom. The van der Waals surface area contributed by atoms with Crippen LogP contribution >= 0.6 is 0 Å². The molecule has 0 radical (unpaired) electrons. The van der Waals surface area contributed by atoms with Crippen molar-refractivity contribution >= 4 is 5.78 Å². The Morgan fingerprint density at radius 1 is 1.00 bits per heavy atom. The molecule has 0 saturated heterocycles. The van der Waals surface area contributed by atoms with Crippen molar-refractivity contribution in [3.8, 4) is 0 Å². The van der Waals surface area contributed by atoms with E-state index in [1.54, 1.807) is 13.0 Å². The van der Waals surface area contributed by atoms with Crippen LogP contribution in [-0.2, 0) is 6.18 Å². The molecule has 2 rings (SSSR count). The van der Waals surface area contributed by atoms with E-state index < -0.39 is 23.3 Å². The van der Waals surface area contributed by atoms with Gasteiger partial charge in [-0.25, -0.2) is 4.39 Å². The lowest BCUT2D eigenvalue weighted by atomic mass is 10.0. The number of alkyl halides is 3. The molecule has 20 heavy (non-hydrogen) atoms. The predicted molar refractivity (Wildman–Crippen MR) is 66.0 cm³/mol. The molecule has 0 spiro atoms. The summed E-state index contributed by atoms with van der Waals surface area (Å²) in [5.41, 5.74) is -0.332. The number of hydrogen-bond acceptors (Lipinski definition) is 1. The van der Waals surface area contributed by atoms with Crippen LogP contribution in [-0.4, -0.2) is 5.78 Å². The zero-order valence-corrected chi connectivity index (χ0v) is 10.5. The van der Waals surface area contributed by atoms with Crippen molar-refractivity contribution in [3.05, 3.63) is 70.5 Å². The molecule has 104 valence electrons. The molecule has 0 unspecified atom stereocenters. The number of hydrogen-bond donors (Lipinski definition) is 0. The smallest absolute Gasteiger partial charge is 0.288 e. The van der Waals surface area contributed by atoms with Gasteiger partial charge in [0.15, 0.2) is 5.78 Å².